The molecule has 6 amide bonds. The SMILES string of the molecule is CC(C)C[C@H](NC(=O)[C@H](CCCNC(=N)N)NC(=O)[C@H](CO)NC(=O)[C@@H](NC(=O)[C@H](CCC(N)=O)NC(=O)[C@@H](N)CC(=O)O)C(C)C)C(=O)O. The molecule has 0 rings (SSSR count). The number of guanidine groups is 1. The van der Waals surface area contributed by atoms with Gasteiger partial charge in [-0.1, -0.05) is 27.7 Å². The maximum Gasteiger partial charge on any atom is 0.326 e. The van der Waals surface area contributed by atoms with E-state index in [0.717, 1.165) is 0 Å². The third kappa shape index (κ3) is 17.9. The number of carboxylic acid groups (broad SMARTS) is 2. The Labute approximate surface area is 289 Å². The Balaban J connectivity index is 5.95. The summed E-state index contributed by atoms with van der Waals surface area (Å²) < 4.78 is 0. The van der Waals surface area contributed by atoms with Crippen LogP contribution in [0.1, 0.15) is 66.2 Å². The monoisotopic (exact) mass is 716 g/mol. The van der Waals surface area contributed by atoms with Crippen LogP contribution in [0.15, 0.2) is 0 Å². The molecule has 16 N–H and O–H groups in total. The minimum atomic E-state index is -1.66. The summed E-state index contributed by atoms with van der Waals surface area (Å²) in [5.41, 5.74) is 16.0. The van der Waals surface area contributed by atoms with Crippen molar-refractivity contribution in [1.82, 2.24) is 31.9 Å². The quantitative estimate of drug-likeness (QED) is 0.0254. The van der Waals surface area contributed by atoms with Gasteiger partial charge >= 0.3 is 11.9 Å². The first-order valence-corrected chi connectivity index (χ1v) is 15.9. The number of carbonyl (C=O) groups excluding carboxylic acids is 6. The van der Waals surface area contributed by atoms with Gasteiger partial charge in [0.1, 0.15) is 30.2 Å². The maximum atomic E-state index is 13.3. The highest BCUT2D eigenvalue weighted by Crippen LogP contribution is 2.09. The zero-order valence-corrected chi connectivity index (χ0v) is 28.6. The molecule has 0 unspecified atom stereocenters. The molecule has 0 bridgehead atoms. The summed E-state index contributed by atoms with van der Waals surface area (Å²) in [4.78, 5) is 99.3. The minimum Gasteiger partial charge on any atom is -0.481 e. The summed E-state index contributed by atoms with van der Waals surface area (Å²) in [6.45, 7) is 5.75. The van der Waals surface area contributed by atoms with Gasteiger partial charge in [-0.2, -0.15) is 0 Å². The maximum absolute atomic E-state index is 13.3. The molecule has 50 heavy (non-hydrogen) atoms. The van der Waals surface area contributed by atoms with E-state index in [0.29, 0.717) is 0 Å². The van der Waals surface area contributed by atoms with Gasteiger partial charge < -0.3 is 64.4 Å². The standard InChI is InChI=1S/C29H52N10O11/c1-13(2)10-18(28(49)50)37-24(45)16(6-5-9-34-29(32)33)36-26(47)19(12-40)38-27(48)22(14(3)4)39-25(46)17(7-8-20(31)41)35-23(44)15(30)11-21(42)43/h13-19,22,40H,5-12,30H2,1-4H3,(H2,31,41)(H,35,44)(H,36,47)(H,37,45)(H,38,48)(H,39,46)(H,42,43)(H,49,50)(H4,32,33,34)/t15-,16-,17-,18-,19-,22-/m0/s1. The van der Waals surface area contributed by atoms with E-state index >= 15 is 0 Å². The fourth-order valence-electron chi connectivity index (χ4n) is 4.39. The summed E-state index contributed by atoms with van der Waals surface area (Å²) in [6, 6.07) is -8.65. The third-order valence-electron chi connectivity index (χ3n) is 7.05. The molecule has 0 saturated carbocycles. The molecule has 0 saturated heterocycles. The van der Waals surface area contributed by atoms with Gasteiger partial charge in [0.25, 0.3) is 0 Å². The number of rotatable bonds is 24. The van der Waals surface area contributed by atoms with Gasteiger partial charge in [-0.3, -0.25) is 39.0 Å². The molecule has 0 aliphatic heterocycles. The molecule has 0 aromatic heterocycles. The second-order valence-electron chi connectivity index (χ2n) is 12.3. The van der Waals surface area contributed by atoms with Gasteiger partial charge in [-0.05, 0) is 37.5 Å². The molecule has 0 aliphatic rings. The number of hydrogen-bond donors (Lipinski definition) is 13. The number of nitrogens with one attached hydrogen (secondary N) is 7. The summed E-state index contributed by atoms with van der Waals surface area (Å²) >= 11 is 0. The number of primary amides is 1. The molecule has 21 heteroatoms. The van der Waals surface area contributed by atoms with Crippen molar-refractivity contribution in [3.63, 3.8) is 0 Å². The van der Waals surface area contributed by atoms with E-state index in [1.54, 1.807) is 13.8 Å². The Morgan fingerprint density at radius 1 is 0.700 bits per heavy atom. The van der Waals surface area contributed by atoms with Gasteiger partial charge in [-0.15, -0.1) is 0 Å². The van der Waals surface area contributed by atoms with Crippen LogP contribution < -0.4 is 49.1 Å². The summed E-state index contributed by atoms with van der Waals surface area (Å²) in [7, 11) is 0. The lowest BCUT2D eigenvalue weighted by atomic mass is 10.0. The van der Waals surface area contributed by atoms with Gasteiger partial charge in [-0.25, -0.2) is 4.79 Å². The van der Waals surface area contributed by atoms with Crippen molar-refractivity contribution in [2.45, 2.75) is 102 Å². The number of carbonyl (C=O) groups is 8. The van der Waals surface area contributed by atoms with Crippen LogP contribution in [0.4, 0.5) is 0 Å². The average molecular weight is 717 g/mol. The highest BCUT2D eigenvalue weighted by Gasteiger charge is 2.34. The molecule has 284 valence electrons. The van der Waals surface area contributed by atoms with E-state index in [1.807, 2.05) is 0 Å². The second kappa shape index (κ2) is 22.6. The van der Waals surface area contributed by atoms with Crippen molar-refractivity contribution in [3.05, 3.63) is 0 Å². The van der Waals surface area contributed by atoms with E-state index in [4.69, 9.17) is 27.7 Å². The molecule has 21 nitrogen and oxygen atoms in total. The molecule has 0 aromatic rings. The highest BCUT2D eigenvalue weighted by molar-refractivity contribution is 5.97. The number of aliphatic hydroxyl groups excluding tert-OH is 1. The van der Waals surface area contributed by atoms with Crippen LogP contribution in [0.2, 0.25) is 0 Å². The molecule has 0 spiro atoms. The topological polar surface area (TPSA) is 371 Å². The Hall–Kier alpha value is -5.05. The molecule has 0 aliphatic carbocycles. The number of hydrogen-bond acceptors (Lipinski definition) is 11. The van der Waals surface area contributed by atoms with Crippen LogP contribution in [0.25, 0.3) is 0 Å². The lowest BCUT2D eigenvalue weighted by Crippen LogP contribution is -2.61. The van der Waals surface area contributed by atoms with Gasteiger partial charge in [0.15, 0.2) is 5.96 Å². The second-order valence-corrected chi connectivity index (χ2v) is 12.3. The van der Waals surface area contributed by atoms with Crippen LogP contribution in [0.5, 0.6) is 0 Å². The van der Waals surface area contributed by atoms with Crippen molar-refractivity contribution < 1.29 is 53.7 Å². The zero-order valence-electron chi connectivity index (χ0n) is 28.6. The summed E-state index contributed by atoms with van der Waals surface area (Å²) in [6.07, 6.45) is -1.24. The summed E-state index contributed by atoms with van der Waals surface area (Å²) in [5, 5.41) is 49.9. The predicted molar refractivity (Wildman–Crippen MR) is 176 cm³/mol. The molecular formula is C29H52N10O11. The van der Waals surface area contributed by atoms with Crippen molar-refractivity contribution in [3.8, 4) is 0 Å². The Morgan fingerprint density at radius 2 is 1.20 bits per heavy atom. The van der Waals surface area contributed by atoms with E-state index in [2.05, 4.69) is 31.9 Å². The fraction of sp³-hybridized carbons (Fsp3) is 0.690. The number of aliphatic carboxylic acids is 2. The number of aliphatic hydroxyl groups is 1. The molecule has 0 radical (unpaired) electrons. The van der Waals surface area contributed by atoms with E-state index in [-0.39, 0.29) is 50.5 Å². The lowest BCUT2D eigenvalue weighted by molar-refractivity contribution is -0.143. The average Bonchev–Trinajstić information content (AvgIpc) is 3.00. The zero-order chi connectivity index (χ0) is 38.7. The molecular weight excluding hydrogens is 664 g/mol. The largest absolute Gasteiger partial charge is 0.481 e. The van der Waals surface area contributed by atoms with Crippen LogP contribution in [-0.2, 0) is 38.4 Å². The minimum absolute atomic E-state index is 0.0584. The fourth-order valence-corrected chi connectivity index (χ4v) is 4.39. The van der Waals surface area contributed by atoms with Crippen molar-refractivity contribution in [2.75, 3.05) is 13.2 Å². The van der Waals surface area contributed by atoms with Gasteiger partial charge in [0.05, 0.1) is 19.1 Å². The van der Waals surface area contributed by atoms with Gasteiger partial charge in [0, 0.05) is 13.0 Å². The van der Waals surface area contributed by atoms with Crippen molar-refractivity contribution in [1.29, 1.82) is 5.41 Å². The first kappa shape index (κ1) is 44.9. The summed E-state index contributed by atoms with van der Waals surface area (Å²) in [5.74, 6) is -9.39. The van der Waals surface area contributed by atoms with Crippen LogP contribution in [0.3, 0.4) is 0 Å². The number of amides is 6. The Bertz CT molecular complexity index is 1230. The molecule has 0 fully saturated rings. The van der Waals surface area contributed by atoms with E-state index < -0.39 is 103 Å². The number of carboxylic acids is 2. The molecule has 0 aromatic carbocycles. The first-order chi connectivity index (χ1) is 23.2. The smallest absolute Gasteiger partial charge is 0.326 e. The highest BCUT2D eigenvalue weighted by atomic mass is 16.4. The lowest BCUT2D eigenvalue weighted by Gasteiger charge is -2.28. The van der Waals surface area contributed by atoms with Gasteiger partial charge in [0.2, 0.25) is 35.4 Å². The normalized spacial score (nSPS) is 14.6. The third-order valence-corrected chi connectivity index (χ3v) is 7.05. The van der Waals surface area contributed by atoms with Crippen LogP contribution in [0, 0.1) is 17.2 Å². The van der Waals surface area contributed by atoms with Crippen LogP contribution >= 0.6 is 0 Å². The predicted octanol–water partition coefficient (Wildman–Crippen LogP) is -4.48. The number of nitrogens with two attached hydrogens (primary N) is 3. The molecule has 0 heterocycles. The van der Waals surface area contributed by atoms with E-state index in [1.165, 1.54) is 13.8 Å². The Morgan fingerprint density at radius 3 is 1.68 bits per heavy atom. The van der Waals surface area contributed by atoms with E-state index in [9.17, 15) is 48.6 Å². The Kier molecular flexibility index (Phi) is 20.3. The van der Waals surface area contributed by atoms with Crippen molar-refractivity contribution in [2.24, 2.45) is 29.0 Å². The molecule has 6 atom stereocenters. The van der Waals surface area contributed by atoms with Crippen LogP contribution in [-0.4, -0.2) is 118 Å². The first-order valence-electron chi connectivity index (χ1n) is 15.9. The van der Waals surface area contributed by atoms with Crippen molar-refractivity contribution >= 4 is 53.3 Å².